The van der Waals surface area contributed by atoms with Crippen LogP contribution in [0.4, 0.5) is 0 Å². The maximum Gasteiger partial charge on any atom is 0.373 e. The Morgan fingerprint density at radius 2 is 1.68 bits per heavy atom. The molecule has 0 aliphatic carbocycles. The average Bonchev–Trinajstić information content (AvgIpc) is 2.96. The van der Waals surface area contributed by atoms with Crippen LogP contribution in [0.3, 0.4) is 0 Å². The number of methoxy groups -OCH3 is 2. The number of rotatable bonds is 7. The van der Waals surface area contributed by atoms with Gasteiger partial charge in [-0.25, -0.2) is 4.79 Å². The van der Waals surface area contributed by atoms with Crippen molar-refractivity contribution in [3.8, 4) is 0 Å². The van der Waals surface area contributed by atoms with Gasteiger partial charge >= 0.3 is 5.97 Å². The van der Waals surface area contributed by atoms with Crippen molar-refractivity contribution >= 4 is 11.8 Å². The summed E-state index contributed by atoms with van der Waals surface area (Å²) in [7, 11) is 2.85. The van der Waals surface area contributed by atoms with Gasteiger partial charge in [0.05, 0.1) is 31.8 Å². The van der Waals surface area contributed by atoms with Crippen LogP contribution in [0.1, 0.15) is 75.2 Å². The highest BCUT2D eigenvalue weighted by atomic mass is 16.6. The molecule has 0 aromatic carbocycles. The molecule has 250 valence electrons. The molecule has 1 saturated heterocycles. The zero-order valence-corrected chi connectivity index (χ0v) is 28.4. The molecule has 44 heavy (non-hydrogen) atoms. The summed E-state index contributed by atoms with van der Waals surface area (Å²) >= 11 is 0. The van der Waals surface area contributed by atoms with E-state index >= 15 is 0 Å². The highest BCUT2D eigenvalue weighted by molar-refractivity contribution is 5.87. The van der Waals surface area contributed by atoms with Gasteiger partial charge in [-0.05, 0) is 38.2 Å². The first-order valence-electron chi connectivity index (χ1n) is 15.8. The minimum absolute atomic E-state index is 0.0111. The van der Waals surface area contributed by atoms with E-state index < -0.39 is 54.1 Å². The minimum Gasteiger partial charge on any atom is -0.490 e. The normalized spacial score (nSPS) is 39.5. The summed E-state index contributed by atoms with van der Waals surface area (Å²) in [5.74, 6) is -5.10. The second-order valence-corrected chi connectivity index (χ2v) is 13.4. The SMILES string of the molecule is CO/C1=C/C(C)=C/C(C)C(O)C(C)C/C(C)=C/C=C\C(OC)C(C(C)C(O)C(C)C2(O)CC(=O)C(C)C(C(C)C)O2)OC1=O. The Labute approximate surface area is 264 Å². The van der Waals surface area contributed by atoms with Gasteiger partial charge in [-0.15, -0.1) is 0 Å². The molecule has 0 aromatic heterocycles. The Kier molecular flexibility index (Phi) is 14.0. The first kappa shape index (κ1) is 37.9. The van der Waals surface area contributed by atoms with Gasteiger partial charge in [0, 0.05) is 30.8 Å². The highest BCUT2D eigenvalue weighted by Crippen LogP contribution is 2.40. The largest absolute Gasteiger partial charge is 0.490 e. The number of ether oxygens (including phenoxy) is 4. The Morgan fingerprint density at radius 3 is 2.25 bits per heavy atom. The summed E-state index contributed by atoms with van der Waals surface area (Å²) in [5, 5.41) is 34.1. The number of aliphatic hydroxyl groups excluding tert-OH is 2. The highest BCUT2D eigenvalue weighted by Gasteiger charge is 2.51. The van der Waals surface area contributed by atoms with Crippen molar-refractivity contribution < 1.29 is 43.9 Å². The van der Waals surface area contributed by atoms with Gasteiger partial charge in [-0.2, -0.15) is 0 Å². The summed E-state index contributed by atoms with van der Waals surface area (Å²) in [6.45, 7) is 16.7. The van der Waals surface area contributed by atoms with Crippen LogP contribution in [0.5, 0.6) is 0 Å². The van der Waals surface area contributed by atoms with E-state index in [0.717, 1.165) is 5.57 Å². The molecule has 11 unspecified atom stereocenters. The van der Waals surface area contributed by atoms with Crippen LogP contribution in [0.2, 0.25) is 0 Å². The van der Waals surface area contributed by atoms with Crippen molar-refractivity contribution in [1.29, 1.82) is 0 Å². The molecule has 9 nitrogen and oxygen atoms in total. The van der Waals surface area contributed by atoms with Crippen LogP contribution < -0.4 is 0 Å². The van der Waals surface area contributed by atoms with Gasteiger partial charge in [0.25, 0.3) is 0 Å². The third-order valence-corrected chi connectivity index (χ3v) is 9.30. The molecule has 1 fully saturated rings. The van der Waals surface area contributed by atoms with Crippen LogP contribution in [0.15, 0.2) is 47.3 Å². The lowest BCUT2D eigenvalue weighted by Crippen LogP contribution is -2.58. The summed E-state index contributed by atoms with van der Waals surface area (Å²) in [6, 6.07) is 0. The number of aliphatic hydroxyl groups is 3. The summed E-state index contributed by atoms with van der Waals surface area (Å²) < 4.78 is 23.3. The number of hydrogen-bond acceptors (Lipinski definition) is 9. The number of allylic oxidation sites excluding steroid dienone is 5. The van der Waals surface area contributed by atoms with E-state index in [-0.39, 0.29) is 41.6 Å². The van der Waals surface area contributed by atoms with Crippen LogP contribution in [-0.2, 0) is 28.5 Å². The van der Waals surface area contributed by atoms with Crippen molar-refractivity contribution in [2.45, 2.75) is 111 Å². The first-order valence-corrected chi connectivity index (χ1v) is 15.8. The molecule has 2 aliphatic rings. The molecule has 2 aliphatic heterocycles. The second kappa shape index (κ2) is 16.3. The number of cyclic esters (lactones) is 1. The Balaban J connectivity index is 2.53. The topological polar surface area (TPSA) is 132 Å². The molecule has 0 bridgehead atoms. The molecule has 3 N–H and O–H groups in total. The number of Topliss-reactive ketones (excluding diaryl/α,β-unsaturated/α-hetero) is 1. The van der Waals surface area contributed by atoms with E-state index in [9.17, 15) is 24.9 Å². The van der Waals surface area contributed by atoms with Crippen molar-refractivity contribution in [3.05, 3.63) is 47.3 Å². The molecule has 0 saturated carbocycles. The van der Waals surface area contributed by atoms with Crippen LogP contribution in [0.25, 0.3) is 0 Å². The molecular formula is C35H56O9. The predicted octanol–water partition coefficient (Wildman–Crippen LogP) is 4.90. The maximum absolute atomic E-state index is 13.5. The second-order valence-electron chi connectivity index (χ2n) is 13.4. The van der Waals surface area contributed by atoms with Gasteiger partial charge < -0.3 is 34.3 Å². The number of hydrogen-bond donors (Lipinski definition) is 3. The maximum atomic E-state index is 13.5. The van der Waals surface area contributed by atoms with E-state index in [1.165, 1.54) is 14.2 Å². The molecule has 0 spiro atoms. The molecule has 2 heterocycles. The average molecular weight is 621 g/mol. The number of carbonyl (C=O) groups is 2. The van der Waals surface area contributed by atoms with Crippen LogP contribution >= 0.6 is 0 Å². The van der Waals surface area contributed by atoms with E-state index in [1.807, 2.05) is 59.8 Å². The van der Waals surface area contributed by atoms with Crippen molar-refractivity contribution in [2.24, 2.45) is 35.5 Å². The van der Waals surface area contributed by atoms with Gasteiger partial charge in [0.15, 0.2) is 5.79 Å². The molecule has 11 atom stereocenters. The fourth-order valence-corrected chi connectivity index (χ4v) is 6.36. The lowest BCUT2D eigenvalue weighted by atomic mass is 9.77. The van der Waals surface area contributed by atoms with Crippen molar-refractivity contribution in [2.75, 3.05) is 14.2 Å². The number of esters is 1. The Morgan fingerprint density at radius 1 is 1.05 bits per heavy atom. The number of carbonyl (C=O) groups excluding carboxylic acids is 2. The van der Waals surface area contributed by atoms with Gasteiger partial charge in [-0.3, -0.25) is 4.79 Å². The monoisotopic (exact) mass is 620 g/mol. The van der Waals surface area contributed by atoms with E-state index in [1.54, 1.807) is 32.9 Å². The Bertz CT molecular complexity index is 1110. The molecule has 0 amide bonds. The van der Waals surface area contributed by atoms with Gasteiger partial charge in [0.2, 0.25) is 5.76 Å². The van der Waals surface area contributed by atoms with Crippen LogP contribution in [0, 0.1) is 35.5 Å². The first-order chi connectivity index (χ1) is 20.5. The molecule has 0 aromatic rings. The predicted molar refractivity (Wildman–Crippen MR) is 169 cm³/mol. The lowest BCUT2D eigenvalue weighted by Gasteiger charge is -2.47. The molecule has 0 radical (unpaired) electrons. The smallest absolute Gasteiger partial charge is 0.373 e. The molecular weight excluding hydrogens is 564 g/mol. The lowest BCUT2D eigenvalue weighted by molar-refractivity contribution is -0.300. The zero-order valence-electron chi connectivity index (χ0n) is 28.4. The van der Waals surface area contributed by atoms with Crippen molar-refractivity contribution in [3.63, 3.8) is 0 Å². The quantitative estimate of drug-likeness (QED) is 0.340. The standard InChI is InChI=1S/C35H56O9/c1-19(2)32-24(7)27(36)18-35(40,44-32)26(9)31(38)25(8)33-28(41-10)14-12-13-20(3)15-22(5)30(37)23(6)16-21(4)17-29(42-11)34(39)43-33/h12-14,16-17,19,22-26,28,30-33,37-38,40H,15,18H2,1-11H3/b14-12-,20-13+,21-16+,29-17+. The molecule has 9 heteroatoms. The third-order valence-electron chi connectivity index (χ3n) is 9.30. The minimum atomic E-state index is -1.90. The van der Waals surface area contributed by atoms with E-state index in [0.29, 0.717) is 12.0 Å². The van der Waals surface area contributed by atoms with E-state index in [4.69, 9.17) is 18.9 Å². The fraction of sp³-hybridized carbons (Fsp3) is 0.714. The number of ketones is 1. The van der Waals surface area contributed by atoms with Crippen LogP contribution in [-0.4, -0.2) is 77.6 Å². The molecule has 2 rings (SSSR count). The Hall–Kier alpha value is -2.30. The van der Waals surface area contributed by atoms with Gasteiger partial charge in [-0.1, -0.05) is 83.9 Å². The van der Waals surface area contributed by atoms with Gasteiger partial charge in [0.1, 0.15) is 18.0 Å². The zero-order chi connectivity index (χ0) is 33.5. The summed E-state index contributed by atoms with van der Waals surface area (Å²) in [5.41, 5.74) is 1.77. The summed E-state index contributed by atoms with van der Waals surface area (Å²) in [4.78, 5) is 26.4. The third kappa shape index (κ3) is 9.36. The fourth-order valence-electron chi connectivity index (χ4n) is 6.36. The van der Waals surface area contributed by atoms with Crippen molar-refractivity contribution in [1.82, 2.24) is 0 Å². The van der Waals surface area contributed by atoms with E-state index in [2.05, 4.69) is 0 Å². The summed E-state index contributed by atoms with van der Waals surface area (Å²) in [6.07, 6.45) is 5.22.